The van der Waals surface area contributed by atoms with E-state index in [9.17, 15) is 53.4 Å². The molecule has 0 radical (unpaired) electrons. The number of anilines is 1. The van der Waals surface area contributed by atoms with Crippen molar-refractivity contribution in [2.45, 2.75) is 24.5 Å². The fourth-order valence-electron chi connectivity index (χ4n) is 2.20. The third-order valence-corrected chi connectivity index (χ3v) is 7.03. The maximum absolute atomic E-state index is 11.8. The summed E-state index contributed by atoms with van der Waals surface area (Å²) >= 11 is 0. The van der Waals surface area contributed by atoms with Crippen LogP contribution >= 0.6 is 23.5 Å². The van der Waals surface area contributed by atoms with Crippen LogP contribution < -0.4 is 31.0 Å². The van der Waals surface area contributed by atoms with Crippen molar-refractivity contribution in [2.24, 2.45) is 0 Å². The predicted molar refractivity (Wildman–Crippen MR) is 81.4 cm³/mol. The van der Waals surface area contributed by atoms with Crippen LogP contribution in [0.2, 0.25) is 0 Å². The zero-order valence-electron chi connectivity index (χ0n) is 14.1. The Bertz CT molecular complexity index is 991. The fraction of sp³-hybridized carbons (Fsp3) is 0.556. The van der Waals surface area contributed by atoms with Gasteiger partial charge in [-0.05, 0) is 0 Å². The second kappa shape index (κ2) is 8.72. The summed E-state index contributed by atoms with van der Waals surface area (Å²) in [5, 5.41) is 29.4. The van der Waals surface area contributed by atoms with Crippen LogP contribution in [0.5, 0.6) is 5.75 Å². The number of hydrogen-bond donors (Lipinski definition) is 4. The molecule has 21 heteroatoms. The highest BCUT2D eigenvalue weighted by atomic mass is 31.3. The molecule has 6 atom stereocenters. The van der Waals surface area contributed by atoms with Gasteiger partial charge in [0.05, 0.1) is 20.6 Å². The Balaban J connectivity index is 2.09. The number of rotatable bonds is 8. The number of aromatic nitrogens is 2. The van der Waals surface area contributed by atoms with Gasteiger partial charge in [-0.3, -0.25) is 18.0 Å². The van der Waals surface area contributed by atoms with Crippen LogP contribution in [0.1, 0.15) is 6.23 Å². The van der Waals surface area contributed by atoms with Gasteiger partial charge in [-0.2, -0.15) is 4.98 Å². The van der Waals surface area contributed by atoms with Crippen molar-refractivity contribution in [1.82, 2.24) is 9.55 Å². The Morgan fingerprint density at radius 3 is 2.30 bits per heavy atom. The van der Waals surface area contributed by atoms with Crippen molar-refractivity contribution < 1.29 is 66.5 Å². The van der Waals surface area contributed by atoms with Crippen molar-refractivity contribution >= 4 is 29.3 Å². The van der Waals surface area contributed by atoms with E-state index in [-0.39, 0.29) is 0 Å². The number of aromatic hydroxyl groups is 1. The largest absolute Gasteiger partial charge is 0.790 e. The number of nitrogens with zero attached hydrogens (tertiary/aromatic N) is 2. The summed E-state index contributed by atoms with van der Waals surface area (Å²) in [4.78, 5) is 58.1. The maximum atomic E-state index is 11.8. The molecular formula is C9H12N3O15P3-4. The highest BCUT2D eigenvalue weighted by Crippen LogP contribution is 2.60. The van der Waals surface area contributed by atoms with Gasteiger partial charge < -0.3 is 54.5 Å². The molecule has 2 rings (SSSR count). The molecule has 1 fully saturated rings. The maximum Gasteiger partial charge on any atom is 0.351 e. The van der Waals surface area contributed by atoms with Crippen molar-refractivity contribution in [2.75, 3.05) is 12.3 Å². The molecule has 0 bridgehead atoms. The molecule has 0 amide bonds. The minimum Gasteiger partial charge on any atom is -0.790 e. The molecular weight excluding hydrogens is 483 g/mol. The van der Waals surface area contributed by atoms with Gasteiger partial charge in [-0.15, -0.1) is 0 Å². The molecule has 1 saturated heterocycles. The quantitative estimate of drug-likeness (QED) is 0.245. The molecule has 0 aliphatic carbocycles. The monoisotopic (exact) mass is 495 g/mol. The van der Waals surface area contributed by atoms with Gasteiger partial charge in [0.15, 0.2) is 17.8 Å². The molecule has 2 heterocycles. The first kappa shape index (κ1) is 25.0. The van der Waals surface area contributed by atoms with Crippen LogP contribution in [-0.2, 0) is 31.6 Å². The van der Waals surface area contributed by atoms with Crippen LogP contribution in [0.25, 0.3) is 0 Å². The van der Waals surface area contributed by atoms with Gasteiger partial charge in [0.25, 0.3) is 15.6 Å². The molecule has 172 valence electrons. The number of phosphoric acid groups is 3. The minimum atomic E-state index is -6.19. The number of aliphatic hydroxyl groups is 2. The number of nitrogens with two attached hydrogens (primary N) is 1. The third-order valence-electron chi connectivity index (χ3n) is 3.37. The van der Waals surface area contributed by atoms with E-state index in [0.717, 1.165) is 0 Å². The summed E-state index contributed by atoms with van der Waals surface area (Å²) in [7, 11) is -18.2. The molecule has 1 aliphatic heterocycles. The highest BCUT2D eigenvalue weighted by molar-refractivity contribution is 7.64. The van der Waals surface area contributed by atoms with E-state index in [0.29, 0.717) is 10.8 Å². The lowest BCUT2D eigenvalue weighted by molar-refractivity contribution is -0.339. The summed E-state index contributed by atoms with van der Waals surface area (Å²) in [6, 6.07) is 0. The van der Waals surface area contributed by atoms with E-state index >= 15 is 0 Å². The van der Waals surface area contributed by atoms with Crippen LogP contribution in [0, 0.1) is 0 Å². The smallest absolute Gasteiger partial charge is 0.351 e. The van der Waals surface area contributed by atoms with E-state index in [1.165, 1.54) is 0 Å². The Morgan fingerprint density at radius 2 is 1.73 bits per heavy atom. The van der Waals surface area contributed by atoms with Crippen molar-refractivity contribution in [3.63, 3.8) is 0 Å². The summed E-state index contributed by atoms with van der Waals surface area (Å²) in [6.45, 7) is -1.20. The average molecular weight is 495 g/mol. The zero-order valence-corrected chi connectivity index (χ0v) is 16.8. The lowest BCUT2D eigenvalue weighted by Crippen LogP contribution is -2.36. The topological polar surface area (TPSA) is 302 Å². The van der Waals surface area contributed by atoms with Gasteiger partial charge >= 0.3 is 5.69 Å². The van der Waals surface area contributed by atoms with Crippen LogP contribution in [0.15, 0.2) is 11.0 Å². The first-order valence-corrected chi connectivity index (χ1v) is 11.7. The van der Waals surface area contributed by atoms with Gasteiger partial charge in [0.2, 0.25) is 0 Å². The van der Waals surface area contributed by atoms with E-state index in [1.54, 1.807) is 0 Å². The lowest BCUT2D eigenvalue weighted by Gasteiger charge is -2.37. The fourth-order valence-corrected chi connectivity index (χ4v) is 5.06. The highest BCUT2D eigenvalue weighted by Gasteiger charge is 2.45. The second-order valence-corrected chi connectivity index (χ2v) is 9.80. The number of aliphatic hydroxyl groups excluding tert-OH is 2. The number of hydrogen-bond acceptors (Lipinski definition) is 17. The van der Waals surface area contributed by atoms with E-state index in [1.807, 2.05) is 0 Å². The molecule has 0 spiro atoms. The third kappa shape index (κ3) is 6.38. The van der Waals surface area contributed by atoms with Gasteiger partial charge in [-0.1, -0.05) is 0 Å². The van der Waals surface area contributed by atoms with Gasteiger partial charge in [0, 0.05) is 0 Å². The first-order valence-electron chi connectivity index (χ1n) is 7.32. The van der Waals surface area contributed by atoms with Crippen LogP contribution in [0.3, 0.4) is 0 Å². The lowest BCUT2D eigenvalue weighted by atomic mass is 10.1. The number of ether oxygens (including phenoxy) is 1. The van der Waals surface area contributed by atoms with Crippen LogP contribution in [0.4, 0.5) is 5.82 Å². The summed E-state index contributed by atoms with van der Waals surface area (Å²) in [5.41, 5.74) is 4.10. The summed E-state index contributed by atoms with van der Waals surface area (Å²) in [6.07, 6.45) is -6.48. The number of phosphoric ester groups is 1. The van der Waals surface area contributed by atoms with Crippen molar-refractivity contribution in [3.8, 4) is 5.75 Å². The normalized spacial score (nSPS) is 28.7. The summed E-state index contributed by atoms with van der Waals surface area (Å²) < 4.78 is 48.8. The van der Waals surface area contributed by atoms with E-state index < -0.39 is 71.9 Å². The molecule has 30 heavy (non-hydrogen) atoms. The molecule has 0 saturated carbocycles. The summed E-state index contributed by atoms with van der Waals surface area (Å²) in [5.74, 6) is -1.23. The van der Waals surface area contributed by atoms with Crippen molar-refractivity contribution in [3.05, 3.63) is 16.7 Å². The van der Waals surface area contributed by atoms with Crippen molar-refractivity contribution in [1.29, 1.82) is 0 Å². The molecule has 0 aromatic carbocycles. The average Bonchev–Trinajstić information content (AvgIpc) is 2.81. The molecule has 18 nitrogen and oxygen atoms in total. The Kier molecular flexibility index (Phi) is 7.28. The molecule has 1 aromatic rings. The Morgan fingerprint density at radius 1 is 1.13 bits per heavy atom. The van der Waals surface area contributed by atoms with Gasteiger partial charge in [0.1, 0.15) is 18.3 Å². The zero-order chi connectivity index (χ0) is 23.1. The standard InChI is InChI=1S/C9H16N3O15P3/c10-7-3(13)1-12(9(16)11-7)8-6(15)5(14)4(25-8)2-24-29(20,21)27-30(22,23)26-28(17,18)19/h1,4-6,8,13-15H,2H2,(H,20,21)(H,22,23)(H2,10,11,16)(H2,17,18,19)/p-4/t4-,5-,6-,8-/m1/s1. The number of nitrogen functional groups attached to an aromatic ring is 1. The Hall–Kier alpha value is -1.23. The SMILES string of the molecule is Nc1nc(=O)n([C@@H]2O[C@H](COP(=O)([O-])OP(=O)([O-])OP(=O)([O-])[O-])[C@@H](O)[C@H]2O)cc1O. The van der Waals surface area contributed by atoms with E-state index in [2.05, 4.69) is 18.1 Å². The molecule has 1 aliphatic rings. The Labute approximate surface area is 165 Å². The molecule has 5 N–H and O–H groups in total. The molecule has 1 aromatic heterocycles. The second-order valence-electron chi connectivity index (χ2n) is 5.55. The van der Waals surface area contributed by atoms with E-state index in [4.69, 9.17) is 10.5 Å². The minimum absolute atomic E-state index is 0.520. The van der Waals surface area contributed by atoms with Crippen LogP contribution in [-0.4, -0.2) is 49.8 Å². The predicted octanol–water partition coefficient (Wildman–Crippen LogP) is -5.03. The molecule has 2 unspecified atom stereocenters. The van der Waals surface area contributed by atoms with Gasteiger partial charge in [-0.25, -0.2) is 9.11 Å². The first-order chi connectivity index (χ1) is 13.5.